The van der Waals surface area contributed by atoms with Crippen LogP contribution in [-0.2, 0) is 14.3 Å². The Hall–Kier alpha value is -2.83. The molecule has 164 valence electrons. The summed E-state index contributed by atoms with van der Waals surface area (Å²) in [7, 11) is 1.46. The van der Waals surface area contributed by atoms with Crippen LogP contribution in [0.25, 0.3) is 5.76 Å². The summed E-state index contributed by atoms with van der Waals surface area (Å²) < 4.78 is 10.9. The van der Waals surface area contributed by atoms with Crippen LogP contribution < -0.4 is 4.74 Å². The summed E-state index contributed by atoms with van der Waals surface area (Å²) in [6.45, 7) is 6.21. The second-order valence-electron chi connectivity index (χ2n) is 7.67. The largest absolute Gasteiger partial charge is 0.507 e. The highest BCUT2D eigenvalue weighted by Gasteiger charge is 2.46. The van der Waals surface area contributed by atoms with E-state index in [0.29, 0.717) is 10.8 Å². The van der Waals surface area contributed by atoms with Gasteiger partial charge in [-0.15, -0.1) is 0 Å². The monoisotopic (exact) mass is 443 g/mol. The van der Waals surface area contributed by atoms with E-state index in [4.69, 9.17) is 21.1 Å². The van der Waals surface area contributed by atoms with E-state index >= 15 is 0 Å². The Labute approximate surface area is 187 Å². The maximum Gasteiger partial charge on any atom is 0.295 e. The van der Waals surface area contributed by atoms with Crippen LogP contribution in [0.1, 0.15) is 36.6 Å². The number of aryl methyl sites for hydroxylation is 1. The second-order valence-corrected chi connectivity index (χ2v) is 8.11. The van der Waals surface area contributed by atoms with Crippen LogP contribution in [0.4, 0.5) is 0 Å². The topological polar surface area (TPSA) is 76.1 Å². The lowest BCUT2D eigenvalue weighted by molar-refractivity contribution is -0.140. The van der Waals surface area contributed by atoms with Gasteiger partial charge in [-0.05, 0) is 44.5 Å². The van der Waals surface area contributed by atoms with Crippen molar-refractivity contribution in [3.8, 4) is 5.75 Å². The number of nitrogens with zero attached hydrogens (tertiary/aromatic N) is 1. The minimum Gasteiger partial charge on any atom is -0.507 e. The molecule has 1 amide bonds. The van der Waals surface area contributed by atoms with Crippen molar-refractivity contribution >= 4 is 29.1 Å². The molecule has 1 unspecified atom stereocenters. The first-order valence-corrected chi connectivity index (χ1v) is 10.4. The van der Waals surface area contributed by atoms with Crippen molar-refractivity contribution in [3.05, 3.63) is 69.8 Å². The van der Waals surface area contributed by atoms with Crippen molar-refractivity contribution < 1.29 is 24.2 Å². The third-order valence-electron chi connectivity index (χ3n) is 5.10. The number of carbonyl (C=O) groups excluding carboxylic acids is 2. The lowest BCUT2D eigenvalue weighted by atomic mass is 9.94. The van der Waals surface area contributed by atoms with Crippen molar-refractivity contribution in [1.29, 1.82) is 0 Å². The summed E-state index contributed by atoms with van der Waals surface area (Å²) in [5.41, 5.74) is 1.96. The second kappa shape index (κ2) is 9.54. The van der Waals surface area contributed by atoms with Gasteiger partial charge < -0.3 is 19.5 Å². The number of amides is 1. The van der Waals surface area contributed by atoms with Gasteiger partial charge in [0.15, 0.2) is 0 Å². The molecule has 0 spiro atoms. The minimum atomic E-state index is -0.754. The van der Waals surface area contributed by atoms with E-state index in [1.165, 1.54) is 18.1 Å². The molecule has 6 nitrogen and oxygen atoms in total. The van der Waals surface area contributed by atoms with Gasteiger partial charge in [-0.3, -0.25) is 9.59 Å². The summed E-state index contributed by atoms with van der Waals surface area (Å²) in [5.74, 6) is -1.41. The van der Waals surface area contributed by atoms with E-state index < -0.39 is 17.7 Å². The smallest absolute Gasteiger partial charge is 0.295 e. The van der Waals surface area contributed by atoms with Crippen LogP contribution in [0, 0.1) is 6.92 Å². The van der Waals surface area contributed by atoms with Gasteiger partial charge in [0.05, 0.1) is 37.0 Å². The number of hydrogen-bond acceptors (Lipinski definition) is 5. The van der Waals surface area contributed by atoms with Crippen LogP contribution in [-0.4, -0.2) is 48.1 Å². The molecular formula is C24H26ClNO5. The highest BCUT2D eigenvalue weighted by atomic mass is 35.5. The number of aliphatic hydroxyl groups excluding tert-OH is 1. The van der Waals surface area contributed by atoms with Gasteiger partial charge in [0.1, 0.15) is 11.5 Å². The lowest BCUT2D eigenvalue weighted by Gasteiger charge is -2.26. The normalized spacial score (nSPS) is 18.1. The number of Topliss-reactive ketones (excluding diaryl/α,β-unsaturated/α-hetero) is 1. The first-order chi connectivity index (χ1) is 14.7. The summed E-state index contributed by atoms with van der Waals surface area (Å²) in [5, 5.41) is 11.6. The minimum absolute atomic E-state index is 0.000661. The fourth-order valence-electron chi connectivity index (χ4n) is 3.69. The fraction of sp³-hybridized carbons (Fsp3) is 0.333. The zero-order valence-corrected chi connectivity index (χ0v) is 18.8. The molecule has 2 aromatic carbocycles. The molecule has 1 aliphatic rings. The molecule has 7 heteroatoms. The molecule has 0 aromatic heterocycles. The van der Waals surface area contributed by atoms with Gasteiger partial charge in [0.25, 0.3) is 11.7 Å². The SMILES string of the molecule is COc1ccc(Cl)cc1/C(O)=C1\C(=O)C(=O)N(CCOC(C)C)C1c1cccc(C)c1. The van der Waals surface area contributed by atoms with E-state index in [2.05, 4.69) is 0 Å². The van der Waals surface area contributed by atoms with Crippen LogP contribution in [0.5, 0.6) is 5.75 Å². The molecule has 1 N–H and O–H groups in total. The maximum absolute atomic E-state index is 13.1. The average molecular weight is 444 g/mol. The van der Waals surface area contributed by atoms with Crippen molar-refractivity contribution in [2.45, 2.75) is 32.9 Å². The molecule has 1 heterocycles. The molecule has 1 atom stereocenters. The molecule has 0 aliphatic carbocycles. The third-order valence-corrected chi connectivity index (χ3v) is 5.33. The number of carbonyl (C=O) groups is 2. The van der Waals surface area contributed by atoms with Crippen molar-refractivity contribution in [1.82, 2.24) is 4.90 Å². The third kappa shape index (κ3) is 4.75. The number of ether oxygens (including phenoxy) is 2. The van der Waals surface area contributed by atoms with E-state index in [1.807, 2.05) is 45.0 Å². The van der Waals surface area contributed by atoms with Gasteiger partial charge in [0.2, 0.25) is 0 Å². The van der Waals surface area contributed by atoms with E-state index in [-0.39, 0.29) is 36.2 Å². The molecule has 3 rings (SSSR count). The summed E-state index contributed by atoms with van der Waals surface area (Å²) in [6, 6.07) is 11.5. The van der Waals surface area contributed by atoms with Gasteiger partial charge in [-0.2, -0.15) is 0 Å². The Morgan fingerprint density at radius 1 is 1.19 bits per heavy atom. The number of aliphatic hydroxyl groups is 1. The highest BCUT2D eigenvalue weighted by molar-refractivity contribution is 6.46. The lowest BCUT2D eigenvalue weighted by Crippen LogP contribution is -2.33. The van der Waals surface area contributed by atoms with Gasteiger partial charge in [0, 0.05) is 11.6 Å². The van der Waals surface area contributed by atoms with Crippen molar-refractivity contribution in [2.75, 3.05) is 20.3 Å². The van der Waals surface area contributed by atoms with Crippen LogP contribution >= 0.6 is 11.6 Å². The van der Waals surface area contributed by atoms with E-state index in [9.17, 15) is 14.7 Å². The molecule has 1 fully saturated rings. The molecule has 1 aliphatic heterocycles. The van der Waals surface area contributed by atoms with Crippen molar-refractivity contribution in [2.24, 2.45) is 0 Å². The van der Waals surface area contributed by atoms with Gasteiger partial charge in [-0.1, -0.05) is 41.4 Å². The number of halogens is 1. The zero-order chi connectivity index (χ0) is 22.7. The molecule has 31 heavy (non-hydrogen) atoms. The van der Waals surface area contributed by atoms with Crippen LogP contribution in [0.2, 0.25) is 5.02 Å². The predicted octanol–water partition coefficient (Wildman–Crippen LogP) is 4.50. The standard InChI is InChI=1S/C24H26ClNO5/c1-14(2)31-11-10-26-21(16-7-5-6-15(3)12-16)20(23(28)24(26)29)22(27)18-13-17(25)8-9-19(18)30-4/h5-9,12-14,21,27H,10-11H2,1-4H3/b22-20+. The first-order valence-electron chi connectivity index (χ1n) is 10.0. The van der Waals surface area contributed by atoms with E-state index in [0.717, 1.165) is 11.1 Å². The van der Waals surface area contributed by atoms with Crippen LogP contribution in [0.15, 0.2) is 48.0 Å². The molecular weight excluding hydrogens is 418 g/mol. The average Bonchev–Trinajstić information content (AvgIpc) is 2.98. The number of likely N-dealkylation sites (tertiary alicyclic amines) is 1. The number of benzene rings is 2. The Bertz CT molecular complexity index is 1030. The Morgan fingerprint density at radius 2 is 1.94 bits per heavy atom. The Morgan fingerprint density at radius 3 is 2.58 bits per heavy atom. The fourth-order valence-corrected chi connectivity index (χ4v) is 3.87. The van der Waals surface area contributed by atoms with E-state index in [1.54, 1.807) is 12.1 Å². The number of methoxy groups -OCH3 is 1. The first kappa shape index (κ1) is 22.8. The quantitative estimate of drug-likeness (QED) is 0.387. The van der Waals surface area contributed by atoms with Crippen molar-refractivity contribution in [3.63, 3.8) is 0 Å². The molecule has 0 bridgehead atoms. The number of rotatable bonds is 7. The summed E-state index contributed by atoms with van der Waals surface area (Å²) in [4.78, 5) is 27.4. The highest BCUT2D eigenvalue weighted by Crippen LogP contribution is 2.41. The van der Waals surface area contributed by atoms with Gasteiger partial charge >= 0.3 is 0 Å². The molecule has 2 aromatic rings. The molecule has 1 saturated heterocycles. The van der Waals surface area contributed by atoms with Gasteiger partial charge in [-0.25, -0.2) is 0 Å². The summed E-state index contributed by atoms with van der Waals surface area (Å²) in [6.07, 6.45) is -0.00929. The maximum atomic E-state index is 13.1. The number of ketones is 1. The van der Waals surface area contributed by atoms with Crippen LogP contribution in [0.3, 0.4) is 0 Å². The summed E-state index contributed by atoms with van der Waals surface area (Å²) >= 11 is 6.12. The number of hydrogen-bond donors (Lipinski definition) is 1. The Balaban J connectivity index is 2.16. The molecule has 0 saturated carbocycles. The zero-order valence-electron chi connectivity index (χ0n) is 18.0. The Kier molecular flexibility index (Phi) is 7.03. The molecule has 0 radical (unpaired) electrons. The predicted molar refractivity (Wildman–Crippen MR) is 119 cm³/mol.